The Morgan fingerprint density at radius 1 is 1.17 bits per heavy atom. The average Bonchev–Trinajstić information content (AvgIpc) is 0.918. The molecule has 6 heteroatoms. The van der Waals surface area contributed by atoms with Gasteiger partial charge in [0.25, 0.3) is 0 Å². The zero-order valence-electron chi connectivity index (χ0n) is 2.33. The molecular formula is H2FeNiO3Ru. The second-order valence-electron chi connectivity index (χ2n) is 0.0816. The van der Waals surface area contributed by atoms with Gasteiger partial charge in [-0.05, 0) is 0 Å². The van der Waals surface area contributed by atoms with E-state index < -0.39 is 0 Å². The molecule has 0 saturated heterocycles. The maximum atomic E-state index is 6.62. The van der Waals surface area contributed by atoms with Gasteiger partial charge in [-0.25, -0.2) is 10.5 Å². The van der Waals surface area contributed by atoms with Crippen molar-refractivity contribution in [3.63, 3.8) is 0 Å². The number of rotatable bonds is 0. The molecule has 6 heavy (non-hydrogen) atoms. The predicted octanol–water partition coefficient (Wildman–Crippen LogP) is -0.0585. The smallest absolute Gasteiger partial charge is 0 e. The minimum absolute atomic E-state index is 0. The van der Waals surface area contributed by atoms with Gasteiger partial charge in [0.1, 0.15) is 0 Å². The topological polar surface area (TPSA) is 49.7 Å². The third-order valence-electron chi connectivity index (χ3n) is 0. The minimum atomic E-state index is 0. The van der Waals surface area contributed by atoms with Crippen LogP contribution in [0.25, 0.3) is 0 Å². The van der Waals surface area contributed by atoms with Gasteiger partial charge in [-0.2, -0.15) is 0 Å². The molecule has 2 N–H and O–H groups in total. The predicted molar refractivity (Wildman–Crippen MR) is 6.34 cm³/mol. The zero-order chi connectivity index (χ0) is 2.71. The summed E-state index contributed by atoms with van der Waals surface area (Å²) in [5, 5.41) is 15.5. The fourth-order valence-electron chi connectivity index (χ4n) is 0. The van der Waals surface area contributed by atoms with Crippen LogP contribution in [0.4, 0.5) is 0 Å². The molecule has 0 heterocycles. The normalized spacial score (nSPS) is 3.00. The van der Waals surface area contributed by atoms with Crippen molar-refractivity contribution in [3.8, 4) is 0 Å². The first-order chi connectivity index (χ1) is 1.41. The van der Waals surface area contributed by atoms with E-state index in [4.69, 9.17) is 10.5 Å². The van der Waals surface area contributed by atoms with Gasteiger partial charge in [0.05, 0.1) is 0 Å². The van der Waals surface area contributed by atoms with Gasteiger partial charge >= 0.3 is 0 Å². The first-order valence-corrected chi connectivity index (χ1v) is 0.365. The molecule has 0 rings (SSSR count). The van der Waals surface area contributed by atoms with Gasteiger partial charge in [-0.3, -0.25) is 0 Å². The molecule has 0 aliphatic heterocycles. The second kappa shape index (κ2) is 31.3. The maximum absolute atomic E-state index is 6.62. The van der Waals surface area contributed by atoms with Gasteiger partial charge in [0, 0.05) is 53.0 Å². The van der Waals surface area contributed by atoms with E-state index in [1.807, 2.05) is 0 Å². The van der Waals surface area contributed by atoms with Crippen molar-refractivity contribution in [2.75, 3.05) is 0 Å². The van der Waals surface area contributed by atoms with Crippen molar-refractivity contribution in [2.45, 2.75) is 0 Å². The molecular weight excluding hydrogens is 264 g/mol. The van der Waals surface area contributed by atoms with E-state index in [9.17, 15) is 0 Å². The monoisotopic (exact) mass is 266 g/mol. The van der Waals surface area contributed by atoms with Crippen LogP contribution in [0.5, 0.6) is 0 Å². The van der Waals surface area contributed by atoms with Crippen molar-refractivity contribution in [2.24, 2.45) is 0 Å². The molecule has 0 atom stereocenters. The third kappa shape index (κ3) is 48.9. The average molecular weight is 266 g/mol. The van der Waals surface area contributed by atoms with Gasteiger partial charge < -0.3 is 0 Å². The van der Waals surface area contributed by atoms with Gasteiger partial charge in [0.15, 0.2) is 0 Å². The summed E-state index contributed by atoms with van der Waals surface area (Å²) in [6.45, 7) is 0. The molecule has 0 amide bonds. The summed E-state index contributed by atoms with van der Waals surface area (Å²) < 4.78 is 0. The molecule has 0 fully saturated rings. The molecule has 0 bridgehead atoms. The Morgan fingerprint density at radius 3 is 1.17 bits per heavy atom. The summed E-state index contributed by atoms with van der Waals surface area (Å²) in [7, 11) is 0. The minimum Gasteiger partial charge on any atom is -0.221 e. The Balaban J connectivity index is -0.00000000667. The fraction of sp³-hybridized carbons (Fsp3) is 0. The molecule has 0 aromatic carbocycles. The van der Waals surface area contributed by atoms with E-state index in [1.165, 1.54) is 0 Å². The van der Waals surface area contributed by atoms with Crippen LogP contribution in [0, 0.1) is 0 Å². The van der Waals surface area contributed by atoms with Crippen molar-refractivity contribution in [1.82, 2.24) is 0 Å². The first kappa shape index (κ1) is 25.8. The Labute approximate surface area is 68.5 Å². The Bertz CT molecular complexity index is 10.8. The quantitative estimate of drug-likeness (QED) is 0.367. The summed E-state index contributed by atoms with van der Waals surface area (Å²) in [5.74, 6) is 0. The Kier molecular flexibility index (Phi) is 135. The van der Waals surface area contributed by atoms with Crippen LogP contribution in [0.1, 0.15) is 0 Å². The van der Waals surface area contributed by atoms with E-state index in [0.717, 1.165) is 0 Å². The molecule has 0 spiro atoms. The number of hydrogen-bond donors (Lipinski definition) is 2. The van der Waals surface area contributed by atoms with Crippen LogP contribution >= 0.6 is 0 Å². The van der Waals surface area contributed by atoms with E-state index in [0.29, 0.717) is 0 Å². The van der Waals surface area contributed by atoms with E-state index in [-0.39, 0.29) is 53.0 Å². The molecule has 0 saturated carbocycles. The molecule has 0 aromatic rings. The van der Waals surface area contributed by atoms with Crippen molar-refractivity contribution < 1.29 is 68.6 Å². The van der Waals surface area contributed by atoms with Crippen molar-refractivity contribution >= 4 is 0 Å². The molecule has 0 unspecified atom stereocenters. The second-order valence-corrected chi connectivity index (χ2v) is 0.0816. The van der Waals surface area contributed by atoms with Gasteiger partial charge in [0.2, 0.25) is 0 Å². The third-order valence-corrected chi connectivity index (χ3v) is 0. The summed E-state index contributed by atoms with van der Waals surface area (Å²) in [6.07, 6.45) is 0. The molecule has 46 valence electrons. The van der Waals surface area contributed by atoms with Crippen molar-refractivity contribution in [1.29, 1.82) is 0 Å². The van der Waals surface area contributed by atoms with Crippen LogP contribution in [0.3, 0.4) is 0 Å². The van der Waals surface area contributed by atoms with Crippen LogP contribution in [-0.2, 0) is 58.1 Å². The number of hydrogen-bond acceptors (Lipinski definition) is 3. The Morgan fingerprint density at radius 2 is 1.17 bits per heavy atom. The van der Waals surface area contributed by atoms with Crippen molar-refractivity contribution in [3.05, 3.63) is 0 Å². The van der Waals surface area contributed by atoms with E-state index >= 15 is 0 Å². The standard InChI is InChI=1S/Fe.Ni.H2O3.Ru/c;;1-3-2;/h;;1-2H;. The van der Waals surface area contributed by atoms with Crippen LogP contribution in [0.15, 0.2) is 0 Å². The molecule has 3 nitrogen and oxygen atoms in total. The SMILES string of the molecule is OOO.[Fe].[Ni].[Ru]. The summed E-state index contributed by atoms with van der Waals surface area (Å²) in [6, 6.07) is 0. The molecule has 0 aromatic heterocycles. The van der Waals surface area contributed by atoms with Gasteiger partial charge in [-0.15, -0.1) is 0 Å². The summed E-state index contributed by atoms with van der Waals surface area (Å²) in [5.41, 5.74) is 0. The fourth-order valence-corrected chi connectivity index (χ4v) is 0. The summed E-state index contributed by atoms with van der Waals surface area (Å²) in [4.78, 5) is 0. The van der Waals surface area contributed by atoms with E-state index in [2.05, 4.69) is 5.04 Å². The maximum Gasteiger partial charge on any atom is 0 e. The Hall–Kier alpha value is 1.52. The van der Waals surface area contributed by atoms with Crippen LogP contribution < -0.4 is 0 Å². The largest absolute Gasteiger partial charge is 0.221 e. The van der Waals surface area contributed by atoms with Crippen LogP contribution in [-0.4, -0.2) is 10.5 Å². The first-order valence-electron chi connectivity index (χ1n) is 0.365. The van der Waals surface area contributed by atoms with E-state index in [1.54, 1.807) is 0 Å². The summed E-state index contributed by atoms with van der Waals surface area (Å²) >= 11 is 0. The molecule has 0 radical (unpaired) electrons. The van der Waals surface area contributed by atoms with Crippen LogP contribution in [0.2, 0.25) is 0 Å². The van der Waals surface area contributed by atoms with Gasteiger partial charge in [-0.1, -0.05) is 5.04 Å². The molecule has 0 aliphatic rings. The molecule has 0 aliphatic carbocycles. The zero-order valence-corrected chi connectivity index (χ0v) is 6.16.